The number of hydrogen-bond donors (Lipinski definition) is 2. The predicted octanol–water partition coefficient (Wildman–Crippen LogP) is 5.63. The van der Waals surface area contributed by atoms with Crippen molar-refractivity contribution in [1.29, 1.82) is 0 Å². The van der Waals surface area contributed by atoms with Gasteiger partial charge in [-0.2, -0.15) is 5.10 Å². The molecule has 37 heavy (non-hydrogen) atoms. The molecule has 200 valence electrons. The molecule has 1 aromatic heterocycles. The van der Waals surface area contributed by atoms with E-state index in [2.05, 4.69) is 15.5 Å². The number of anilines is 1. The van der Waals surface area contributed by atoms with Crippen molar-refractivity contribution in [3.05, 3.63) is 57.4 Å². The van der Waals surface area contributed by atoms with Crippen LogP contribution >= 0.6 is 0 Å². The average Bonchev–Trinajstić information content (AvgIpc) is 2.83. The van der Waals surface area contributed by atoms with E-state index in [-0.39, 0.29) is 17.6 Å². The van der Waals surface area contributed by atoms with Crippen LogP contribution in [0.25, 0.3) is 11.3 Å². The highest BCUT2D eigenvalue weighted by Gasteiger charge is 2.22. The number of nitrogens with one attached hydrogen (secondary N) is 2. The zero-order valence-corrected chi connectivity index (χ0v) is 22.8. The van der Waals surface area contributed by atoms with Crippen LogP contribution in [0.3, 0.4) is 0 Å². The predicted molar refractivity (Wildman–Crippen MR) is 147 cm³/mol. The van der Waals surface area contributed by atoms with E-state index in [1.807, 2.05) is 65.0 Å². The maximum Gasteiger partial charge on any atom is 0.410 e. The van der Waals surface area contributed by atoms with Crippen molar-refractivity contribution >= 4 is 17.7 Å². The lowest BCUT2D eigenvalue weighted by atomic mass is 9.90. The number of hydrogen-bond acceptors (Lipinski definition) is 5. The Morgan fingerprint density at radius 2 is 1.86 bits per heavy atom. The van der Waals surface area contributed by atoms with Crippen LogP contribution in [0.15, 0.2) is 40.7 Å². The minimum Gasteiger partial charge on any atom is -0.444 e. The van der Waals surface area contributed by atoms with Crippen molar-refractivity contribution in [3.8, 4) is 11.3 Å². The standard InChI is InChI=1S/C29H40N4O4/c1-20(2)16-18-33(28(36)37-29(3,4)5)17-9-8-15-25(34)30-22-12-10-11-21(19-22)26-23-13-6-7-14-24(23)27(35)32-31-26/h10-12,16,19H,6-9,13-15,17-18H2,1-5H3,(H,30,34)(H,32,35). The Labute approximate surface area is 219 Å². The lowest BCUT2D eigenvalue weighted by Crippen LogP contribution is -2.37. The third-order valence-corrected chi connectivity index (χ3v) is 6.17. The number of ether oxygens (including phenoxy) is 1. The van der Waals surface area contributed by atoms with Crippen molar-refractivity contribution in [2.75, 3.05) is 18.4 Å². The van der Waals surface area contributed by atoms with E-state index >= 15 is 0 Å². The molecule has 1 aliphatic rings. The van der Waals surface area contributed by atoms with Crippen molar-refractivity contribution in [2.24, 2.45) is 0 Å². The Morgan fingerprint density at radius 1 is 1.14 bits per heavy atom. The molecule has 0 atom stereocenters. The first kappa shape index (κ1) is 28.2. The summed E-state index contributed by atoms with van der Waals surface area (Å²) in [7, 11) is 0. The zero-order chi connectivity index (χ0) is 27.0. The van der Waals surface area contributed by atoms with Gasteiger partial charge in [-0.3, -0.25) is 9.59 Å². The molecule has 2 N–H and O–H groups in total. The number of fused-ring (bicyclic) bond motifs is 1. The highest BCUT2D eigenvalue weighted by molar-refractivity contribution is 5.91. The highest BCUT2D eigenvalue weighted by atomic mass is 16.6. The van der Waals surface area contributed by atoms with Crippen molar-refractivity contribution in [1.82, 2.24) is 15.1 Å². The minimum absolute atomic E-state index is 0.0817. The van der Waals surface area contributed by atoms with Crippen LogP contribution in [-0.4, -0.2) is 45.8 Å². The fourth-order valence-corrected chi connectivity index (χ4v) is 4.33. The van der Waals surface area contributed by atoms with Gasteiger partial charge in [-0.1, -0.05) is 23.8 Å². The summed E-state index contributed by atoms with van der Waals surface area (Å²) in [5.74, 6) is -0.0817. The number of nitrogens with zero attached hydrogens (tertiary/aromatic N) is 2. The summed E-state index contributed by atoms with van der Waals surface area (Å²) in [5.41, 5.74) is 4.67. The van der Waals surface area contributed by atoms with Gasteiger partial charge in [0.05, 0.1) is 5.69 Å². The minimum atomic E-state index is -0.557. The molecule has 3 rings (SSSR count). The second-order valence-corrected chi connectivity index (χ2v) is 10.9. The van der Waals surface area contributed by atoms with Crippen molar-refractivity contribution < 1.29 is 14.3 Å². The number of amides is 2. The van der Waals surface area contributed by atoms with E-state index < -0.39 is 5.60 Å². The van der Waals surface area contributed by atoms with Gasteiger partial charge in [-0.05, 0) is 90.8 Å². The van der Waals surface area contributed by atoms with Crippen LogP contribution in [0.1, 0.15) is 77.8 Å². The molecule has 0 bridgehead atoms. The molecular formula is C29H40N4O4. The van der Waals surface area contributed by atoms with Crippen molar-refractivity contribution in [2.45, 2.75) is 85.2 Å². The van der Waals surface area contributed by atoms with Crippen LogP contribution in [0.2, 0.25) is 0 Å². The Bertz CT molecular complexity index is 1190. The third kappa shape index (κ3) is 8.58. The highest BCUT2D eigenvalue weighted by Crippen LogP contribution is 2.29. The molecule has 0 saturated heterocycles. The summed E-state index contributed by atoms with van der Waals surface area (Å²) < 4.78 is 5.53. The first-order valence-corrected chi connectivity index (χ1v) is 13.2. The molecular weight excluding hydrogens is 468 g/mol. The maximum absolute atomic E-state index is 12.6. The first-order valence-electron chi connectivity index (χ1n) is 13.2. The van der Waals surface area contributed by atoms with Crippen LogP contribution in [0, 0.1) is 0 Å². The lowest BCUT2D eigenvalue weighted by molar-refractivity contribution is -0.116. The van der Waals surface area contributed by atoms with E-state index in [9.17, 15) is 14.4 Å². The number of aromatic amines is 1. The number of aromatic nitrogens is 2. The molecule has 2 amide bonds. The Hall–Kier alpha value is -3.42. The number of H-pyrrole nitrogens is 1. The van der Waals surface area contributed by atoms with E-state index in [4.69, 9.17) is 4.74 Å². The summed E-state index contributed by atoms with van der Waals surface area (Å²) in [5, 5.41) is 9.93. The quantitative estimate of drug-likeness (QED) is 0.338. The number of unbranched alkanes of at least 4 members (excludes halogenated alkanes) is 1. The second kappa shape index (κ2) is 12.7. The smallest absolute Gasteiger partial charge is 0.410 e. The zero-order valence-electron chi connectivity index (χ0n) is 22.8. The largest absolute Gasteiger partial charge is 0.444 e. The molecule has 0 radical (unpaired) electrons. The summed E-state index contributed by atoms with van der Waals surface area (Å²) in [4.78, 5) is 39.1. The van der Waals surface area contributed by atoms with E-state index in [1.165, 1.54) is 0 Å². The molecule has 0 fully saturated rings. The van der Waals surface area contributed by atoms with Crippen LogP contribution in [0.4, 0.5) is 10.5 Å². The summed E-state index contributed by atoms with van der Waals surface area (Å²) in [6, 6.07) is 7.58. The SMILES string of the molecule is CC(C)=CCN(CCCCC(=O)Nc1cccc(-c2n[nH]c(=O)c3c2CCCC3)c1)C(=O)OC(C)(C)C. The number of carbonyl (C=O) groups is 2. The number of rotatable bonds is 9. The van der Waals surface area contributed by atoms with Gasteiger partial charge in [-0.15, -0.1) is 0 Å². The van der Waals surface area contributed by atoms with E-state index in [1.54, 1.807) is 4.90 Å². The number of allylic oxidation sites excluding steroid dienone is 1. The second-order valence-electron chi connectivity index (χ2n) is 10.9. The van der Waals surface area contributed by atoms with Gasteiger partial charge in [0.25, 0.3) is 5.56 Å². The van der Waals surface area contributed by atoms with Gasteiger partial charge in [-0.25, -0.2) is 9.89 Å². The molecule has 1 aliphatic carbocycles. The molecule has 0 unspecified atom stereocenters. The summed E-state index contributed by atoms with van der Waals surface area (Å²) >= 11 is 0. The first-order chi connectivity index (χ1) is 17.5. The van der Waals surface area contributed by atoms with Gasteiger partial charge in [0.15, 0.2) is 0 Å². The Balaban J connectivity index is 1.56. The molecule has 8 heteroatoms. The molecule has 8 nitrogen and oxygen atoms in total. The van der Waals surface area contributed by atoms with Crippen LogP contribution < -0.4 is 10.9 Å². The lowest BCUT2D eigenvalue weighted by Gasteiger charge is -2.26. The molecule has 2 aromatic rings. The van der Waals surface area contributed by atoms with Gasteiger partial charge in [0.1, 0.15) is 5.60 Å². The molecule has 0 saturated carbocycles. The maximum atomic E-state index is 12.6. The van der Waals surface area contributed by atoms with Gasteiger partial charge < -0.3 is 15.0 Å². The monoisotopic (exact) mass is 508 g/mol. The Morgan fingerprint density at radius 3 is 2.57 bits per heavy atom. The fourth-order valence-electron chi connectivity index (χ4n) is 4.33. The van der Waals surface area contributed by atoms with Gasteiger partial charge in [0, 0.05) is 36.3 Å². The third-order valence-electron chi connectivity index (χ3n) is 6.17. The molecule has 1 heterocycles. The van der Waals surface area contributed by atoms with Crippen LogP contribution in [-0.2, 0) is 22.4 Å². The van der Waals surface area contributed by atoms with Crippen LogP contribution in [0.5, 0.6) is 0 Å². The average molecular weight is 509 g/mol. The van der Waals surface area contributed by atoms with E-state index in [0.717, 1.165) is 53.6 Å². The van der Waals surface area contributed by atoms with Gasteiger partial charge >= 0.3 is 6.09 Å². The molecule has 0 aliphatic heterocycles. The number of benzene rings is 1. The fraction of sp³-hybridized carbons (Fsp3) is 0.517. The Kier molecular flexibility index (Phi) is 9.66. The van der Waals surface area contributed by atoms with E-state index in [0.29, 0.717) is 38.0 Å². The molecule has 0 spiro atoms. The summed E-state index contributed by atoms with van der Waals surface area (Å²) in [6.45, 7) is 10.5. The van der Waals surface area contributed by atoms with Crippen molar-refractivity contribution in [3.63, 3.8) is 0 Å². The number of carbonyl (C=O) groups excluding carboxylic acids is 2. The van der Waals surface area contributed by atoms with Gasteiger partial charge in [0.2, 0.25) is 5.91 Å². The molecule has 1 aromatic carbocycles. The normalized spacial score (nSPS) is 12.9. The summed E-state index contributed by atoms with van der Waals surface area (Å²) in [6.07, 6.45) is 7.01. The topological polar surface area (TPSA) is 104 Å².